The highest BCUT2D eigenvalue weighted by atomic mass is 19.1. The molecule has 0 saturated heterocycles. The van der Waals surface area contributed by atoms with Crippen molar-refractivity contribution in [3.63, 3.8) is 0 Å². The highest BCUT2D eigenvalue weighted by molar-refractivity contribution is 5.30. The van der Waals surface area contributed by atoms with Crippen LogP contribution >= 0.6 is 0 Å². The third kappa shape index (κ3) is 3.90. The lowest BCUT2D eigenvalue weighted by Crippen LogP contribution is -2.30. The first kappa shape index (κ1) is 15.7. The third-order valence-corrected chi connectivity index (χ3v) is 3.87. The summed E-state index contributed by atoms with van der Waals surface area (Å²) in [5.74, 6) is -0.210. The van der Waals surface area contributed by atoms with E-state index in [4.69, 9.17) is 5.73 Å². The molecule has 2 nitrogen and oxygen atoms in total. The van der Waals surface area contributed by atoms with Gasteiger partial charge in [0.15, 0.2) is 0 Å². The van der Waals surface area contributed by atoms with Crippen LogP contribution in [0.15, 0.2) is 42.5 Å². The zero-order valence-electron chi connectivity index (χ0n) is 12.9. The average molecular weight is 286 g/mol. The summed E-state index contributed by atoms with van der Waals surface area (Å²) in [6.07, 6.45) is 0. The summed E-state index contributed by atoms with van der Waals surface area (Å²) in [6, 6.07) is 13.3. The van der Waals surface area contributed by atoms with Crippen molar-refractivity contribution >= 4 is 0 Å². The Hall–Kier alpha value is -1.71. The van der Waals surface area contributed by atoms with Gasteiger partial charge in [-0.15, -0.1) is 0 Å². The van der Waals surface area contributed by atoms with Crippen LogP contribution in [0.25, 0.3) is 0 Å². The molecule has 1 unspecified atom stereocenters. The van der Waals surface area contributed by atoms with Crippen molar-refractivity contribution in [2.75, 3.05) is 13.6 Å². The number of halogens is 1. The van der Waals surface area contributed by atoms with Crippen molar-refractivity contribution in [1.29, 1.82) is 0 Å². The number of hydrogen-bond donors (Lipinski definition) is 1. The molecule has 0 saturated carbocycles. The van der Waals surface area contributed by atoms with Crippen LogP contribution in [0.3, 0.4) is 0 Å². The molecule has 1 atom stereocenters. The molecule has 0 heterocycles. The van der Waals surface area contributed by atoms with Gasteiger partial charge in [0.25, 0.3) is 0 Å². The summed E-state index contributed by atoms with van der Waals surface area (Å²) in [6.45, 7) is 5.34. The van der Waals surface area contributed by atoms with Crippen LogP contribution in [0, 0.1) is 19.7 Å². The van der Waals surface area contributed by atoms with E-state index < -0.39 is 0 Å². The van der Waals surface area contributed by atoms with Crippen molar-refractivity contribution in [3.8, 4) is 0 Å². The molecule has 0 aliphatic carbocycles. The Bertz CT molecular complexity index is 610. The van der Waals surface area contributed by atoms with Crippen LogP contribution in [0.2, 0.25) is 0 Å². The molecule has 2 rings (SSSR count). The summed E-state index contributed by atoms with van der Waals surface area (Å²) < 4.78 is 13.5. The van der Waals surface area contributed by atoms with E-state index in [9.17, 15) is 4.39 Å². The van der Waals surface area contributed by atoms with E-state index in [1.165, 1.54) is 17.2 Å². The Labute approximate surface area is 126 Å². The fourth-order valence-electron chi connectivity index (χ4n) is 2.72. The molecule has 21 heavy (non-hydrogen) atoms. The fraction of sp³-hybridized carbons (Fsp3) is 0.333. The maximum Gasteiger partial charge on any atom is 0.123 e. The predicted molar refractivity (Wildman–Crippen MR) is 85.6 cm³/mol. The normalized spacial score (nSPS) is 12.7. The number of likely N-dealkylation sites (N-methyl/N-ethyl adjacent to an activating group) is 1. The summed E-state index contributed by atoms with van der Waals surface area (Å²) in [5.41, 5.74) is 10.5. The topological polar surface area (TPSA) is 29.3 Å². The maximum atomic E-state index is 13.5. The van der Waals surface area contributed by atoms with Crippen LogP contribution in [-0.4, -0.2) is 18.5 Å². The molecule has 0 aromatic heterocycles. The fourth-order valence-corrected chi connectivity index (χ4v) is 2.72. The number of benzene rings is 2. The summed E-state index contributed by atoms with van der Waals surface area (Å²) in [5, 5.41) is 0. The van der Waals surface area contributed by atoms with E-state index >= 15 is 0 Å². The van der Waals surface area contributed by atoms with Gasteiger partial charge in [-0.3, -0.25) is 4.90 Å². The number of nitrogens with zero attached hydrogens (tertiary/aromatic N) is 1. The first-order chi connectivity index (χ1) is 10.0. The highest BCUT2D eigenvalue weighted by Crippen LogP contribution is 2.24. The van der Waals surface area contributed by atoms with E-state index in [1.54, 1.807) is 6.07 Å². The molecule has 2 aromatic carbocycles. The van der Waals surface area contributed by atoms with Gasteiger partial charge in [0, 0.05) is 19.1 Å². The van der Waals surface area contributed by atoms with Gasteiger partial charge >= 0.3 is 0 Å². The first-order valence-corrected chi connectivity index (χ1v) is 7.23. The van der Waals surface area contributed by atoms with E-state index in [-0.39, 0.29) is 11.9 Å². The molecular formula is C18H23FN2. The summed E-state index contributed by atoms with van der Waals surface area (Å²) in [4.78, 5) is 2.18. The molecule has 0 fully saturated rings. The number of nitrogens with two attached hydrogens (primary N) is 1. The van der Waals surface area contributed by atoms with Crippen LogP contribution in [-0.2, 0) is 6.54 Å². The van der Waals surface area contributed by atoms with Gasteiger partial charge in [-0.1, -0.05) is 35.9 Å². The van der Waals surface area contributed by atoms with Crippen molar-refractivity contribution in [2.24, 2.45) is 5.73 Å². The molecule has 0 amide bonds. The van der Waals surface area contributed by atoms with Gasteiger partial charge in [0.2, 0.25) is 0 Å². The summed E-state index contributed by atoms with van der Waals surface area (Å²) >= 11 is 0. The van der Waals surface area contributed by atoms with E-state index in [0.29, 0.717) is 6.54 Å². The molecule has 0 radical (unpaired) electrons. The predicted octanol–water partition coefficient (Wildman–Crippen LogP) is 3.57. The Balaban J connectivity index is 2.22. The molecule has 0 bridgehead atoms. The van der Waals surface area contributed by atoms with E-state index in [0.717, 1.165) is 17.7 Å². The Morgan fingerprint density at radius 3 is 2.57 bits per heavy atom. The van der Waals surface area contributed by atoms with Gasteiger partial charge in [0.1, 0.15) is 5.82 Å². The van der Waals surface area contributed by atoms with E-state index in [1.807, 2.05) is 20.0 Å². The van der Waals surface area contributed by atoms with Gasteiger partial charge in [-0.2, -0.15) is 0 Å². The zero-order valence-corrected chi connectivity index (χ0v) is 12.9. The standard InChI is InChI=1S/C18H23FN2/c1-13-5-4-6-15(9-13)12-21(3)18(11-20)17-10-16(19)8-7-14(17)2/h4-10,18H,11-12,20H2,1-3H3. The number of rotatable bonds is 5. The SMILES string of the molecule is Cc1cccc(CN(C)C(CN)c2cc(F)ccc2C)c1. The van der Waals surface area contributed by atoms with Crippen LogP contribution in [0.5, 0.6) is 0 Å². The van der Waals surface area contributed by atoms with Gasteiger partial charge in [-0.05, 0) is 49.7 Å². The zero-order chi connectivity index (χ0) is 15.4. The first-order valence-electron chi connectivity index (χ1n) is 7.23. The lowest BCUT2D eigenvalue weighted by atomic mass is 9.99. The molecule has 2 N–H and O–H groups in total. The van der Waals surface area contributed by atoms with Crippen LogP contribution in [0.4, 0.5) is 4.39 Å². The smallest absolute Gasteiger partial charge is 0.123 e. The molecular weight excluding hydrogens is 263 g/mol. The van der Waals surface area contributed by atoms with Crippen molar-refractivity contribution in [2.45, 2.75) is 26.4 Å². The molecule has 0 aliphatic heterocycles. The second-order valence-electron chi connectivity index (χ2n) is 5.66. The molecule has 2 aromatic rings. The number of aryl methyl sites for hydroxylation is 2. The lowest BCUT2D eigenvalue weighted by Gasteiger charge is -2.28. The van der Waals surface area contributed by atoms with Crippen LogP contribution < -0.4 is 5.73 Å². The van der Waals surface area contributed by atoms with Gasteiger partial charge in [-0.25, -0.2) is 4.39 Å². The van der Waals surface area contributed by atoms with Crippen molar-refractivity contribution in [1.82, 2.24) is 4.90 Å². The molecule has 3 heteroatoms. The highest BCUT2D eigenvalue weighted by Gasteiger charge is 2.18. The Kier molecular flexibility index (Phi) is 5.10. The monoisotopic (exact) mass is 286 g/mol. The average Bonchev–Trinajstić information content (AvgIpc) is 2.43. The second kappa shape index (κ2) is 6.83. The third-order valence-electron chi connectivity index (χ3n) is 3.87. The minimum atomic E-state index is -0.210. The van der Waals surface area contributed by atoms with Crippen LogP contribution in [0.1, 0.15) is 28.3 Å². The second-order valence-corrected chi connectivity index (χ2v) is 5.66. The minimum absolute atomic E-state index is 0.0150. The lowest BCUT2D eigenvalue weighted by molar-refractivity contribution is 0.240. The molecule has 0 spiro atoms. The van der Waals surface area contributed by atoms with E-state index in [2.05, 4.69) is 36.1 Å². The van der Waals surface area contributed by atoms with Crippen molar-refractivity contribution in [3.05, 3.63) is 70.5 Å². The minimum Gasteiger partial charge on any atom is -0.329 e. The number of hydrogen-bond acceptors (Lipinski definition) is 2. The van der Waals surface area contributed by atoms with Crippen molar-refractivity contribution < 1.29 is 4.39 Å². The largest absolute Gasteiger partial charge is 0.329 e. The Morgan fingerprint density at radius 2 is 1.90 bits per heavy atom. The summed E-state index contributed by atoms with van der Waals surface area (Å²) in [7, 11) is 2.03. The molecule has 112 valence electrons. The quantitative estimate of drug-likeness (QED) is 0.910. The Morgan fingerprint density at radius 1 is 1.14 bits per heavy atom. The molecule has 0 aliphatic rings. The van der Waals surface area contributed by atoms with Gasteiger partial charge < -0.3 is 5.73 Å². The maximum absolute atomic E-state index is 13.5. The van der Waals surface area contributed by atoms with Gasteiger partial charge in [0.05, 0.1) is 0 Å².